The van der Waals surface area contributed by atoms with Gasteiger partial charge in [0.05, 0.1) is 10.9 Å². The van der Waals surface area contributed by atoms with Crippen LogP contribution in [0.3, 0.4) is 0 Å². The molecule has 156 valence electrons. The molecular formula is C29H31N2+. The molecule has 4 aromatic rings. The topological polar surface area (TPSA) is 16.8 Å². The molecule has 1 aliphatic rings. The van der Waals surface area contributed by atoms with E-state index in [1.807, 2.05) is 18.5 Å². The molecule has 0 spiro atoms. The van der Waals surface area contributed by atoms with Crippen molar-refractivity contribution in [2.45, 2.75) is 52.4 Å². The minimum Gasteiger partial charge on any atom is -0.264 e. The van der Waals surface area contributed by atoms with Crippen LogP contribution in [-0.4, -0.2) is 4.98 Å². The first-order chi connectivity index (χ1) is 15.0. The molecule has 31 heavy (non-hydrogen) atoms. The normalized spacial score (nSPS) is 14.5. The summed E-state index contributed by atoms with van der Waals surface area (Å²) in [5.74, 6) is 0.719. The number of hydrogen-bond donors (Lipinski definition) is 0. The maximum absolute atomic E-state index is 4.30. The quantitative estimate of drug-likeness (QED) is 0.335. The molecule has 0 radical (unpaired) electrons. The molecule has 1 aliphatic carbocycles. The maximum Gasteiger partial charge on any atom is 0.220 e. The van der Waals surface area contributed by atoms with Gasteiger partial charge in [0.1, 0.15) is 7.05 Å². The molecule has 0 amide bonds. The van der Waals surface area contributed by atoms with E-state index in [1.165, 1.54) is 75.7 Å². The molecule has 0 N–H and O–H groups in total. The van der Waals surface area contributed by atoms with Gasteiger partial charge in [-0.25, -0.2) is 0 Å². The lowest BCUT2D eigenvalue weighted by Crippen LogP contribution is -2.35. The van der Waals surface area contributed by atoms with Gasteiger partial charge in [-0.05, 0) is 84.5 Å². The lowest BCUT2D eigenvalue weighted by molar-refractivity contribution is -0.665. The Labute approximate surface area is 185 Å². The van der Waals surface area contributed by atoms with Crippen LogP contribution in [0.25, 0.3) is 33.2 Å². The minimum absolute atomic E-state index is 0.719. The van der Waals surface area contributed by atoms with E-state index in [9.17, 15) is 0 Å². The van der Waals surface area contributed by atoms with Crippen LogP contribution in [0.1, 0.15) is 54.0 Å². The molecule has 0 saturated heterocycles. The number of rotatable bonds is 3. The van der Waals surface area contributed by atoms with Crippen LogP contribution < -0.4 is 4.57 Å². The summed E-state index contributed by atoms with van der Waals surface area (Å²) in [5, 5.41) is 2.60. The van der Waals surface area contributed by atoms with Gasteiger partial charge < -0.3 is 0 Å². The molecule has 1 saturated carbocycles. The largest absolute Gasteiger partial charge is 0.264 e. The zero-order chi connectivity index (χ0) is 21.5. The molecule has 2 heterocycles. The average molecular weight is 408 g/mol. The molecule has 0 aliphatic heterocycles. The summed E-state index contributed by atoms with van der Waals surface area (Å²) in [7, 11) is 2.20. The third kappa shape index (κ3) is 3.54. The van der Waals surface area contributed by atoms with Crippen LogP contribution in [0, 0.1) is 20.8 Å². The number of aryl methyl sites for hydroxylation is 2. The first-order valence-electron chi connectivity index (χ1n) is 11.5. The second-order valence-electron chi connectivity index (χ2n) is 9.23. The van der Waals surface area contributed by atoms with E-state index in [1.54, 1.807) is 0 Å². The van der Waals surface area contributed by atoms with Crippen LogP contribution in [0.2, 0.25) is 0 Å². The highest BCUT2D eigenvalue weighted by Gasteiger charge is 2.24. The summed E-state index contributed by atoms with van der Waals surface area (Å²) < 4.78 is 2.37. The van der Waals surface area contributed by atoms with Crippen molar-refractivity contribution in [2.24, 2.45) is 7.05 Å². The Balaban J connectivity index is 1.74. The van der Waals surface area contributed by atoms with E-state index in [0.717, 1.165) is 11.5 Å². The van der Waals surface area contributed by atoms with Crippen molar-refractivity contribution >= 4 is 10.8 Å². The van der Waals surface area contributed by atoms with Crippen molar-refractivity contribution in [3.05, 3.63) is 83.3 Å². The summed E-state index contributed by atoms with van der Waals surface area (Å²) >= 11 is 0. The molecule has 0 unspecified atom stereocenters. The molecule has 5 rings (SSSR count). The van der Waals surface area contributed by atoms with Crippen molar-refractivity contribution in [2.75, 3.05) is 0 Å². The van der Waals surface area contributed by atoms with Gasteiger partial charge in [-0.1, -0.05) is 31.0 Å². The van der Waals surface area contributed by atoms with Crippen molar-refractivity contribution in [1.29, 1.82) is 0 Å². The smallest absolute Gasteiger partial charge is 0.220 e. The van der Waals surface area contributed by atoms with Crippen molar-refractivity contribution in [3.8, 4) is 22.4 Å². The van der Waals surface area contributed by atoms with E-state index in [-0.39, 0.29) is 0 Å². The van der Waals surface area contributed by atoms with Crippen LogP contribution in [0.4, 0.5) is 0 Å². The number of aromatic nitrogens is 2. The highest BCUT2D eigenvalue weighted by Crippen LogP contribution is 2.39. The van der Waals surface area contributed by atoms with Gasteiger partial charge in [-0.3, -0.25) is 4.98 Å². The second kappa shape index (κ2) is 7.92. The van der Waals surface area contributed by atoms with E-state index in [4.69, 9.17) is 0 Å². The highest BCUT2D eigenvalue weighted by molar-refractivity contribution is 5.96. The molecule has 0 bridgehead atoms. The number of benzene rings is 2. The van der Waals surface area contributed by atoms with E-state index in [0.29, 0.717) is 0 Å². The first kappa shape index (κ1) is 19.9. The van der Waals surface area contributed by atoms with Crippen molar-refractivity contribution in [1.82, 2.24) is 4.98 Å². The van der Waals surface area contributed by atoms with E-state index < -0.39 is 0 Å². The summed E-state index contributed by atoms with van der Waals surface area (Å²) in [5.41, 5.74) is 10.7. The number of hydrogen-bond acceptors (Lipinski definition) is 1. The zero-order valence-corrected chi connectivity index (χ0v) is 19.1. The molecular weight excluding hydrogens is 376 g/mol. The lowest BCUT2D eigenvalue weighted by Gasteiger charge is -2.17. The summed E-state index contributed by atoms with van der Waals surface area (Å²) in [6.07, 6.45) is 9.16. The average Bonchev–Trinajstić information content (AvgIpc) is 3.32. The van der Waals surface area contributed by atoms with Gasteiger partial charge >= 0.3 is 0 Å². The van der Waals surface area contributed by atoms with Crippen LogP contribution >= 0.6 is 0 Å². The Bertz CT molecular complexity index is 1270. The van der Waals surface area contributed by atoms with Crippen LogP contribution in [-0.2, 0) is 7.05 Å². The van der Waals surface area contributed by atoms with Crippen LogP contribution in [0.5, 0.6) is 0 Å². The molecule has 2 aromatic carbocycles. The number of fused-ring (bicyclic) bond motifs is 1. The van der Waals surface area contributed by atoms with Crippen LogP contribution in [0.15, 0.2) is 60.9 Å². The predicted octanol–water partition coefficient (Wildman–Crippen LogP) is 6.98. The molecule has 0 atom stereocenters. The Hall–Kier alpha value is -3.00. The molecule has 2 aromatic heterocycles. The maximum atomic E-state index is 4.30. The first-order valence-corrected chi connectivity index (χ1v) is 11.5. The van der Waals surface area contributed by atoms with Gasteiger partial charge in [-0.15, -0.1) is 0 Å². The lowest BCUT2D eigenvalue weighted by atomic mass is 9.88. The van der Waals surface area contributed by atoms with E-state index >= 15 is 0 Å². The van der Waals surface area contributed by atoms with Crippen molar-refractivity contribution in [3.63, 3.8) is 0 Å². The predicted molar refractivity (Wildman–Crippen MR) is 129 cm³/mol. The summed E-state index contributed by atoms with van der Waals surface area (Å²) in [6.45, 7) is 6.76. The summed E-state index contributed by atoms with van der Waals surface area (Å²) in [4.78, 5) is 4.30. The SMILES string of the molecule is Cc1cc(C2CCCC2)cc(-c2c3ccc(-c4cccnc4)cc3cc(C)[n+]2C)c1C. The minimum atomic E-state index is 0.719. The fraction of sp³-hybridized carbons (Fsp3) is 0.310. The zero-order valence-electron chi connectivity index (χ0n) is 19.1. The van der Waals surface area contributed by atoms with Gasteiger partial charge in [-0.2, -0.15) is 4.57 Å². The number of nitrogens with zero attached hydrogens (tertiary/aromatic N) is 2. The monoisotopic (exact) mass is 407 g/mol. The Morgan fingerprint density at radius 2 is 1.71 bits per heavy atom. The third-order valence-corrected chi connectivity index (χ3v) is 7.30. The van der Waals surface area contributed by atoms with Gasteiger partial charge in [0.25, 0.3) is 0 Å². The molecule has 2 nitrogen and oxygen atoms in total. The van der Waals surface area contributed by atoms with Gasteiger partial charge in [0.2, 0.25) is 5.69 Å². The van der Waals surface area contributed by atoms with E-state index in [2.05, 4.69) is 79.8 Å². The van der Waals surface area contributed by atoms with Gasteiger partial charge in [0.15, 0.2) is 5.69 Å². The fourth-order valence-corrected chi connectivity index (χ4v) is 5.24. The second-order valence-corrected chi connectivity index (χ2v) is 9.23. The standard InChI is InChI=1S/C29H31N2/c1-19-14-25(22-8-5-6-9-22)17-28(21(19)3)29-27-12-11-23(24-10-7-13-30-18-24)16-26(27)15-20(2)31(29)4/h7,10-18,22H,5-6,8-9H2,1-4H3/q+1. The third-order valence-electron chi connectivity index (χ3n) is 7.30. The Morgan fingerprint density at radius 1 is 0.903 bits per heavy atom. The summed E-state index contributed by atoms with van der Waals surface area (Å²) in [6, 6.07) is 18.2. The molecule has 1 fully saturated rings. The molecule has 2 heteroatoms. The fourth-order valence-electron chi connectivity index (χ4n) is 5.24. The van der Waals surface area contributed by atoms with Crippen molar-refractivity contribution < 1.29 is 4.57 Å². The number of pyridine rings is 2. The van der Waals surface area contributed by atoms with Gasteiger partial charge in [0, 0.05) is 30.9 Å². The Kier molecular flexibility index (Phi) is 5.09. The highest BCUT2D eigenvalue weighted by atomic mass is 14.9. The Morgan fingerprint density at radius 3 is 2.45 bits per heavy atom.